The maximum atomic E-state index is 14.0. The van der Waals surface area contributed by atoms with Crippen LogP contribution in [0.2, 0.25) is 0 Å². The zero-order chi connectivity index (χ0) is 16.8. The summed E-state index contributed by atoms with van der Waals surface area (Å²) >= 11 is 0. The van der Waals surface area contributed by atoms with Crippen molar-refractivity contribution in [2.24, 2.45) is 5.92 Å². The van der Waals surface area contributed by atoms with Crippen molar-refractivity contribution < 1.29 is 28.2 Å². The van der Waals surface area contributed by atoms with Crippen LogP contribution in [0.5, 0.6) is 0 Å². The van der Waals surface area contributed by atoms with Gasteiger partial charge < -0.3 is 15.2 Å². The van der Waals surface area contributed by atoms with E-state index >= 15 is 0 Å². The second-order valence-electron chi connectivity index (χ2n) is 5.75. The molecule has 0 bridgehead atoms. The Morgan fingerprint density at radius 1 is 1.36 bits per heavy atom. The third kappa shape index (κ3) is 4.90. The lowest BCUT2D eigenvalue weighted by atomic mass is 9.99. The van der Waals surface area contributed by atoms with Gasteiger partial charge in [-0.1, -0.05) is 19.8 Å². The van der Waals surface area contributed by atoms with Crippen molar-refractivity contribution in [3.05, 3.63) is 0 Å². The molecule has 0 amide bonds. The summed E-state index contributed by atoms with van der Waals surface area (Å²) in [7, 11) is 0. The van der Waals surface area contributed by atoms with Crippen molar-refractivity contribution in [3.8, 4) is 0 Å². The van der Waals surface area contributed by atoms with Crippen molar-refractivity contribution in [3.63, 3.8) is 0 Å². The zero-order valence-electron chi connectivity index (χ0n) is 13.1. The standard InChI is InChI=1S/C15H25F2NO4/c1-3-5-6-12(13(19)20)18-11-8-7-10(9-11)15(16,17)14(21)22-4-2/h10-12,18H,3-9H2,1-2H3,(H,19,20)/t10?,11?,12-/m0/s1. The number of hydrogen-bond donors (Lipinski definition) is 2. The molecule has 128 valence electrons. The first-order valence-electron chi connectivity index (χ1n) is 7.86. The van der Waals surface area contributed by atoms with Crippen molar-refractivity contribution >= 4 is 11.9 Å². The maximum absolute atomic E-state index is 14.0. The van der Waals surface area contributed by atoms with Gasteiger partial charge >= 0.3 is 17.9 Å². The summed E-state index contributed by atoms with van der Waals surface area (Å²) in [5.74, 6) is -7.05. The zero-order valence-corrected chi connectivity index (χ0v) is 13.1. The number of carbonyl (C=O) groups excluding carboxylic acids is 1. The lowest BCUT2D eigenvalue weighted by molar-refractivity contribution is -0.179. The molecule has 2 unspecified atom stereocenters. The van der Waals surface area contributed by atoms with Crippen molar-refractivity contribution in [2.75, 3.05) is 6.61 Å². The first-order valence-corrected chi connectivity index (χ1v) is 7.86. The molecule has 2 N–H and O–H groups in total. The SMILES string of the molecule is CCCC[C@H](NC1CCC(C(F)(F)C(=O)OCC)C1)C(=O)O. The third-order valence-corrected chi connectivity index (χ3v) is 4.07. The largest absolute Gasteiger partial charge is 0.480 e. The van der Waals surface area contributed by atoms with Crippen molar-refractivity contribution in [1.29, 1.82) is 0 Å². The van der Waals surface area contributed by atoms with Gasteiger partial charge in [0.2, 0.25) is 0 Å². The highest BCUT2D eigenvalue weighted by molar-refractivity contribution is 5.78. The topological polar surface area (TPSA) is 75.6 Å². The molecule has 0 spiro atoms. The first-order chi connectivity index (χ1) is 10.3. The average molecular weight is 321 g/mol. The number of carboxylic acid groups (broad SMARTS) is 1. The van der Waals surface area contributed by atoms with Gasteiger partial charge in [0.05, 0.1) is 6.61 Å². The van der Waals surface area contributed by atoms with Crippen LogP contribution in [0.4, 0.5) is 8.78 Å². The molecule has 1 saturated carbocycles. The van der Waals surface area contributed by atoms with Gasteiger partial charge in [-0.25, -0.2) is 4.79 Å². The highest BCUT2D eigenvalue weighted by Gasteiger charge is 2.51. The molecular formula is C15H25F2NO4. The molecule has 0 aromatic carbocycles. The summed E-state index contributed by atoms with van der Waals surface area (Å²) in [6.45, 7) is 3.36. The Bertz CT molecular complexity index is 390. The van der Waals surface area contributed by atoms with Crippen LogP contribution in [-0.2, 0) is 14.3 Å². The number of hydrogen-bond acceptors (Lipinski definition) is 4. The first kappa shape index (κ1) is 18.8. The van der Waals surface area contributed by atoms with Crippen LogP contribution in [0.15, 0.2) is 0 Å². The Kier molecular flexibility index (Phi) is 7.19. The fourth-order valence-electron chi connectivity index (χ4n) is 2.83. The Morgan fingerprint density at radius 3 is 2.59 bits per heavy atom. The number of halogens is 2. The molecule has 1 aliphatic rings. The van der Waals surface area contributed by atoms with Gasteiger partial charge in [-0.2, -0.15) is 8.78 Å². The summed E-state index contributed by atoms with van der Waals surface area (Å²) in [5.41, 5.74) is 0. The van der Waals surface area contributed by atoms with E-state index < -0.39 is 29.8 Å². The van der Waals surface area contributed by atoms with Crippen LogP contribution < -0.4 is 5.32 Å². The van der Waals surface area contributed by atoms with E-state index in [1.807, 2.05) is 6.92 Å². The summed E-state index contributed by atoms with van der Waals surface area (Å²) < 4.78 is 32.3. The smallest absolute Gasteiger partial charge is 0.377 e. The van der Waals surface area contributed by atoms with E-state index in [0.29, 0.717) is 12.8 Å². The van der Waals surface area contributed by atoms with Gasteiger partial charge in [0.25, 0.3) is 0 Å². The fraction of sp³-hybridized carbons (Fsp3) is 0.867. The number of alkyl halides is 2. The van der Waals surface area contributed by atoms with E-state index in [2.05, 4.69) is 10.1 Å². The van der Waals surface area contributed by atoms with E-state index in [1.54, 1.807) is 0 Å². The van der Waals surface area contributed by atoms with Crippen LogP contribution in [0.3, 0.4) is 0 Å². The van der Waals surface area contributed by atoms with Gasteiger partial charge in [0.15, 0.2) is 0 Å². The Balaban J connectivity index is 2.57. The molecule has 0 aromatic heterocycles. The summed E-state index contributed by atoms with van der Waals surface area (Å²) in [4.78, 5) is 22.5. The molecule has 1 aliphatic carbocycles. The monoisotopic (exact) mass is 321 g/mol. The number of rotatable bonds is 9. The molecule has 1 fully saturated rings. The number of nitrogens with one attached hydrogen (secondary N) is 1. The second-order valence-corrected chi connectivity index (χ2v) is 5.75. The molecule has 5 nitrogen and oxygen atoms in total. The van der Waals surface area contributed by atoms with Crippen molar-refractivity contribution in [1.82, 2.24) is 5.32 Å². The van der Waals surface area contributed by atoms with Crippen molar-refractivity contribution in [2.45, 2.75) is 70.4 Å². The molecule has 0 heterocycles. The number of esters is 1. The van der Waals surface area contributed by atoms with Crippen LogP contribution in [0.1, 0.15) is 52.4 Å². The number of carboxylic acids is 1. The van der Waals surface area contributed by atoms with E-state index in [-0.39, 0.29) is 25.5 Å². The van der Waals surface area contributed by atoms with E-state index in [9.17, 15) is 18.4 Å². The molecule has 1 rings (SSSR count). The number of aliphatic carboxylic acids is 1. The summed E-state index contributed by atoms with van der Waals surface area (Å²) in [6, 6.07) is -1.02. The average Bonchev–Trinajstić information content (AvgIpc) is 2.92. The highest BCUT2D eigenvalue weighted by Crippen LogP contribution is 2.39. The Labute approximate surface area is 129 Å². The predicted molar refractivity (Wildman–Crippen MR) is 76.8 cm³/mol. The molecule has 22 heavy (non-hydrogen) atoms. The summed E-state index contributed by atoms with van der Waals surface area (Å²) in [6.07, 6.45) is 2.82. The number of unbranched alkanes of at least 4 members (excludes halogenated alkanes) is 1. The predicted octanol–water partition coefficient (Wildman–Crippen LogP) is 2.59. The van der Waals surface area contributed by atoms with Gasteiger partial charge in [-0.05, 0) is 32.6 Å². The van der Waals surface area contributed by atoms with Gasteiger partial charge in [0, 0.05) is 12.0 Å². The van der Waals surface area contributed by atoms with Crippen LogP contribution in [0, 0.1) is 5.92 Å². The lowest BCUT2D eigenvalue weighted by Gasteiger charge is -2.22. The summed E-state index contributed by atoms with van der Waals surface area (Å²) in [5, 5.41) is 12.1. The molecule has 0 saturated heterocycles. The number of carbonyl (C=O) groups is 2. The minimum atomic E-state index is -3.51. The lowest BCUT2D eigenvalue weighted by Crippen LogP contribution is -2.43. The molecular weight excluding hydrogens is 296 g/mol. The number of ether oxygens (including phenoxy) is 1. The normalized spacial score (nSPS) is 23.3. The Morgan fingerprint density at radius 2 is 2.05 bits per heavy atom. The molecule has 7 heteroatoms. The van der Waals surface area contributed by atoms with Crippen LogP contribution in [0.25, 0.3) is 0 Å². The van der Waals surface area contributed by atoms with Gasteiger partial charge in [-0.3, -0.25) is 4.79 Å². The van der Waals surface area contributed by atoms with Gasteiger partial charge in [0.1, 0.15) is 6.04 Å². The van der Waals surface area contributed by atoms with Gasteiger partial charge in [-0.15, -0.1) is 0 Å². The van der Waals surface area contributed by atoms with E-state index in [0.717, 1.165) is 12.8 Å². The third-order valence-electron chi connectivity index (χ3n) is 4.07. The quantitative estimate of drug-likeness (QED) is 0.638. The molecule has 0 aromatic rings. The minimum Gasteiger partial charge on any atom is -0.480 e. The van der Waals surface area contributed by atoms with Crippen LogP contribution >= 0.6 is 0 Å². The molecule has 0 radical (unpaired) electrons. The molecule has 3 atom stereocenters. The van der Waals surface area contributed by atoms with E-state index in [4.69, 9.17) is 5.11 Å². The Hall–Kier alpha value is -1.24. The molecule has 0 aliphatic heterocycles. The van der Waals surface area contributed by atoms with Crippen LogP contribution in [-0.4, -0.2) is 41.7 Å². The van der Waals surface area contributed by atoms with E-state index in [1.165, 1.54) is 6.92 Å². The maximum Gasteiger partial charge on any atom is 0.377 e. The second kappa shape index (κ2) is 8.41. The fourth-order valence-corrected chi connectivity index (χ4v) is 2.83. The minimum absolute atomic E-state index is 0.0824. The highest BCUT2D eigenvalue weighted by atomic mass is 19.3.